The summed E-state index contributed by atoms with van der Waals surface area (Å²) >= 11 is 0. The first kappa shape index (κ1) is 25.4. The van der Waals surface area contributed by atoms with Gasteiger partial charge in [0.2, 0.25) is 17.6 Å². The van der Waals surface area contributed by atoms with E-state index in [0.29, 0.717) is 28.5 Å². The van der Waals surface area contributed by atoms with Gasteiger partial charge in [-0.25, -0.2) is 4.79 Å². The Labute approximate surface area is 221 Å². The Bertz CT molecular complexity index is 1350. The van der Waals surface area contributed by atoms with Crippen molar-refractivity contribution in [3.05, 3.63) is 95.6 Å². The van der Waals surface area contributed by atoms with E-state index in [9.17, 15) is 19.2 Å². The molecule has 3 aromatic carbocycles. The largest absolute Gasteiger partial charge is 0.497 e. The molecule has 0 bridgehead atoms. The van der Waals surface area contributed by atoms with E-state index in [1.807, 2.05) is 6.07 Å². The number of Topliss-reactive ketones (excluding diaryl/α,β-unsaturated/α-hetero) is 1. The summed E-state index contributed by atoms with van der Waals surface area (Å²) in [6.07, 6.45) is 1.24. The highest BCUT2D eigenvalue weighted by molar-refractivity contribution is 6.22. The Kier molecular flexibility index (Phi) is 7.09. The summed E-state index contributed by atoms with van der Waals surface area (Å²) in [5.41, 5.74) is 1.57. The van der Waals surface area contributed by atoms with E-state index in [1.54, 1.807) is 67.8 Å². The summed E-state index contributed by atoms with van der Waals surface area (Å²) < 4.78 is 10.9. The normalized spacial score (nSPS) is 21.5. The smallest absolute Gasteiger partial charge is 0.339 e. The Morgan fingerprint density at radius 1 is 0.816 bits per heavy atom. The zero-order valence-electron chi connectivity index (χ0n) is 21.3. The Morgan fingerprint density at radius 3 is 2.11 bits per heavy atom. The fourth-order valence-electron chi connectivity index (χ4n) is 5.37. The van der Waals surface area contributed by atoms with Gasteiger partial charge in [-0.1, -0.05) is 37.3 Å². The molecule has 7 heteroatoms. The summed E-state index contributed by atoms with van der Waals surface area (Å²) in [4.78, 5) is 53.8. The number of fused-ring (bicyclic) bond motifs is 1. The van der Waals surface area contributed by atoms with Crippen LogP contribution in [0.25, 0.3) is 0 Å². The molecular formula is C31H29NO6. The molecule has 38 heavy (non-hydrogen) atoms. The number of hydrogen-bond acceptors (Lipinski definition) is 6. The van der Waals surface area contributed by atoms with Gasteiger partial charge in [0.15, 0.2) is 6.10 Å². The van der Waals surface area contributed by atoms with Crippen LogP contribution in [0.2, 0.25) is 0 Å². The fourth-order valence-corrected chi connectivity index (χ4v) is 5.37. The number of ketones is 1. The topological polar surface area (TPSA) is 90.0 Å². The molecule has 2 fully saturated rings. The number of hydrogen-bond donors (Lipinski definition) is 0. The number of nitrogens with zero attached hydrogens (tertiary/aromatic N) is 1. The number of methoxy groups -OCH3 is 1. The minimum atomic E-state index is -1.15. The first-order valence-corrected chi connectivity index (χ1v) is 12.8. The van der Waals surface area contributed by atoms with Crippen molar-refractivity contribution in [1.29, 1.82) is 0 Å². The third-order valence-corrected chi connectivity index (χ3v) is 7.49. The van der Waals surface area contributed by atoms with E-state index in [-0.39, 0.29) is 35.0 Å². The molecule has 194 valence electrons. The van der Waals surface area contributed by atoms with Crippen LogP contribution in [0.15, 0.2) is 78.9 Å². The van der Waals surface area contributed by atoms with Crippen molar-refractivity contribution < 1.29 is 28.7 Å². The summed E-state index contributed by atoms with van der Waals surface area (Å²) in [7, 11) is 1.54. The van der Waals surface area contributed by atoms with Crippen molar-refractivity contribution in [1.82, 2.24) is 0 Å². The fraction of sp³-hybridized carbons (Fsp3) is 0.290. The van der Waals surface area contributed by atoms with Crippen LogP contribution < -0.4 is 9.64 Å². The molecule has 1 saturated carbocycles. The van der Waals surface area contributed by atoms with Gasteiger partial charge in [-0.15, -0.1) is 0 Å². The summed E-state index contributed by atoms with van der Waals surface area (Å²) in [5, 5.41) is 0. The predicted octanol–water partition coefficient (Wildman–Crippen LogP) is 5.40. The molecule has 0 spiro atoms. The van der Waals surface area contributed by atoms with Gasteiger partial charge in [0.1, 0.15) is 5.75 Å². The van der Waals surface area contributed by atoms with Gasteiger partial charge < -0.3 is 9.47 Å². The van der Waals surface area contributed by atoms with Crippen LogP contribution >= 0.6 is 0 Å². The number of amides is 2. The number of anilines is 1. The zero-order valence-corrected chi connectivity index (χ0v) is 21.3. The zero-order chi connectivity index (χ0) is 26.8. The number of benzene rings is 3. The Morgan fingerprint density at radius 2 is 1.45 bits per heavy atom. The number of imide groups is 1. The second-order valence-electron chi connectivity index (χ2n) is 9.98. The lowest BCUT2D eigenvalue weighted by Crippen LogP contribution is -2.30. The van der Waals surface area contributed by atoms with E-state index in [0.717, 1.165) is 19.3 Å². The van der Waals surface area contributed by atoms with Crippen molar-refractivity contribution in [2.24, 2.45) is 17.8 Å². The van der Waals surface area contributed by atoms with Gasteiger partial charge in [0.05, 0.1) is 30.2 Å². The molecular weight excluding hydrogens is 482 g/mol. The lowest BCUT2D eigenvalue weighted by atomic mass is 9.76. The standard InChI is InChI=1S/C31H29NO6/c1-19-8-17-25-26(18-19)30(35)32(29(25)34)23-13-9-22(10-14-23)31(36)38-28(21-6-4-3-5-7-21)27(33)20-11-15-24(37-2)16-12-20/h3-7,9-16,19,25-26,28H,8,17-18H2,1-2H3. The monoisotopic (exact) mass is 511 g/mol. The molecule has 5 rings (SSSR count). The highest BCUT2D eigenvalue weighted by atomic mass is 16.5. The summed E-state index contributed by atoms with van der Waals surface area (Å²) in [6, 6.07) is 21.6. The van der Waals surface area contributed by atoms with Gasteiger partial charge in [-0.05, 0) is 73.7 Å². The highest BCUT2D eigenvalue weighted by Crippen LogP contribution is 2.42. The molecule has 0 N–H and O–H groups in total. The molecule has 4 unspecified atom stereocenters. The number of carbonyl (C=O) groups is 4. The molecule has 2 amide bonds. The molecule has 0 aromatic heterocycles. The van der Waals surface area contributed by atoms with Crippen molar-refractivity contribution >= 4 is 29.3 Å². The van der Waals surface area contributed by atoms with Gasteiger partial charge >= 0.3 is 5.97 Å². The van der Waals surface area contributed by atoms with Crippen LogP contribution in [-0.2, 0) is 14.3 Å². The molecule has 2 aliphatic rings. The third-order valence-electron chi connectivity index (χ3n) is 7.49. The van der Waals surface area contributed by atoms with Crippen LogP contribution in [0, 0.1) is 17.8 Å². The van der Waals surface area contributed by atoms with E-state index < -0.39 is 12.1 Å². The number of ether oxygens (including phenoxy) is 2. The average molecular weight is 512 g/mol. The molecule has 7 nitrogen and oxygen atoms in total. The maximum Gasteiger partial charge on any atom is 0.339 e. The van der Waals surface area contributed by atoms with Crippen LogP contribution in [0.5, 0.6) is 5.75 Å². The molecule has 1 heterocycles. The minimum Gasteiger partial charge on any atom is -0.497 e. The second-order valence-corrected chi connectivity index (χ2v) is 9.98. The molecule has 0 radical (unpaired) electrons. The van der Waals surface area contributed by atoms with E-state index >= 15 is 0 Å². The SMILES string of the molecule is COc1ccc(C(=O)C(OC(=O)c2ccc(N3C(=O)C4CCC(C)CC4C3=O)cc2)c2ccccc2)cc1. The van der Waals surface area contributed by atoms with Gasteiger partial charge in [0.25, 0.3) is 0 Å². The number of carbonyl (C=O) groups excluding carboxylic acids is 4. The van der Waals surface area contributed by atoms with Crippen LogP contribution in [-0.4, -0.2) is 30.7 Å². The van der Waals surface area contributed by atoms with Crippen molar-refractivity contribution in [3.63, 3.8) is 0 Å². The molecule has 1 saturated heterocycles. The lowest BCUT2D eigenvalue weighted by molar-refractivity contribution is -0.122. The average Bonchev–Trinajstić information content (AvgIpc) is 3.20. The molecule has 1 aliphatic carbocycles. The molecule has 3 aromatic rings. The van der Waals surface area contributed by atoms with Gasteiger partial charge in [-0.2, -0.15) is 0 Å². The lowest BCUT2D eigenvalue weighted by Gasteiger charge is -2.25. The summed E-state index contributed by atoms with van der Waals surface area (Å²) in [5.74, 6) is -0.900. The van der Waals surface area contributed by atoms with Crippen molar-refractivity contribution in [2.75, 3.05) is 12.0 Å². The molecule has 4 atom stereocenters. The van der Waals surface area contributed by atoms with Crippen LogP contribution in [0.3, 0.4) is 0 Å². The third kappa shape index (κ3) is 4.84. The van der Waals surface area contributed by atoms with Crippen molar-refractivity contribution in [2.45, 2.75) is 32.3 Å². The quantitative estimate of drug-likeness (QED) is 0.240. The number of esters is 1. The Balaban J connectivity index is 1.35. The van der Waals surface area contributed by atoms with Crippen LogP contribution in [0.1, 0.15) is 58.6 Å². The van der Waals surface area contributed by atoms with E-state index in [2.05, 4.69) is 6.92 Å². The molecule has 1 aliphatic heterocycles. The van der Waals surface area contributed by atoms with E-state index in [1.165, 1.54) is 17.0 Å². The maximum atomic E-state index is 13.4. The first-order chi connectivity index (χ1) is 18.4. The predicted molar refractivity (Wildman–Crippen MR) is 141 cm³/mol. The van der Waals surface area contributed by atoms with E-state index in [4.69, 9.17) is 9.47 Å². The first-order valence-electron chi connectivity index (χ1n) is 12.8. The van der Waals surface area contributed by atoms with Gasteiger partial charge in [-0.3, -0.25) is 19.3 Å². The summed E-state index contributed by atoms with van der Waals surface area (Å²) in [6.45, 7) is 2.11. The second kappa shape index (κ2) is 10.6. The maximum absolute atomic E-state index is 13.4. The van der Waals surface area contributed by atoms with Gasteiger partial charge in [0, 0.05) is 11.1 Å². The number of rotatable bonds is 7. The minimum absolute atomic E-state index is 0.170. The Hall–Kier alpha value is -4.26. The highest BCUT2D eigenvalue weighted by Gasteiger charge is 2.50. The van der Waals surface area contributed by atoms with Crippen molar-refractivity contribution in [3.8, 4) is 5.75 Å². The van der Waals surface area contributed by atoms with Crippen LogP contribution in [0.4, 0.5) is 5.69 Å².